The van der Waals surface area contributed by atoms with E-state index in [0.29, 0.717) is 32.5 Å². The average Bonchev–Trinajstić information content (AvgIpc) is 2.95. The number of ether oxygens (including phenoxy) is 1. The zero-order valence-electron chi connectivity index (χ0n) is 12.5. The first-order valence-electron chi connectivity index (χ1n) is 7.49. The van der Waals surface area contributed by atoms with Gasteiger partial charge in [-0.2, -0.15) is 17.4 Å². The maximum Gasteiger partial charge on any atom is 0.308 e. The van der Waals surface area contributed by atoms with E-state index in [9.17, 15) is 13.2 Å². The lowest BCUT2D eigenvalue weighted by atomic mass is 9.99. The van der Waals surface area contributed by atoms with E-state index in [0.717, 1.165) is 25.7 Å². The molecule has 1 saturated carbocycles. The molecule has 2 aliphatic rings. The number of nitrogens with two attached hydrogens (primary N) is 1. The summed E-state index contributed by atoms with van der Waals surface area (Å²) >= 11 is 0. The third-order valence-electron chi connectivity index (χ3n) is 4.63. The number of nitrogens with zero attached hydrogens (tertiary/aromatic N) is 1. The first-order valence-corrected chi connectivity index (χ1v) is 8.93. The van der Waals surface area contributed by atoms with E-state index in [-0.39, 0.29) is 11.9 Å². The molecule has 7 nitrogen and oxygen atoms in total. The van der Waals surface area contributed by atoms with Crippen LogP contribution in [0.2, 0.25) is 0 Å². The van der Waals surface area contributed by atoms with E-state index in [1.165, 1.54) is 11.4 Å². The van der Waals surface area contributed by atoms with Gasteiger partial charge in [0, 0.05) is 25.2 Å². The molecular formula is C13H25N3O4S. The van der Waals surface area contributed by atoms with Gasteiger partial charge in [-0.3, -0.25) is 4.79 Å². The Bertz CT molecular complexity index is 466. The molecule has 0 unspecified atom stereocenters. The number of carbonyl (C=O) groups is 1. The van der Waals surface area contributed by atoms with Gasteiger partial charge in [-0.15, -0.1) is 0 Å². The molecule has 21 heavy (non-hydrogen) atoms. The quantitative estimate of drug-likeness (QED) is 0.693. The van der Waals surface area contributed by atoms with Crippen molar-refractivity contribution in [3.05, 3.63) is 0 Å². The van der Waals surface area contributed by atoms with Crippen molar-refractivity contribution in [3.8, 4) is 0 Å². The summed E-state index contributed by atoms with van der Waals surface area (Å²) in [5, 5.41) is 0. The summed E-state index contributed by atoms with van der Waals surface area (Å²) in [5.74, 6) is -0.453. The van der Waals surface area contributed by atoms with Crippen LogP contribution in [-0.4, -0.2) is 51.0 Å². The van der Waals surface area contributed by atoms with Crippen molar-refractivity contribution in [2.45, 2.75) is 44.1 Å². The van der Waals surface area contributed by atoms with Crippen LogP contribution in [0.25, 0.3) is 0 Å². The van der Waals surface area contributed by atoms with E-state index in [2.05, 4.69) is 4.72 Å². The second kappa shape index (κ2) is 6.60. The molecule has 122 valence electrons. The zero-order valence-corrected chi connectivity index (χ0v) is 13.3. The molecule has 0 atom stereocenters. The molecule has 1 heterocycles. The Morgan fingerprint density at radius 3 is 2.38 bits per heavy atom. The van der Waals surface area contributed by atoms with Gasteiger partial charge in [0.05, 0.1) is 13.0 Å². The maximum absolute atomic E-state index is 12.5. The average molecular weight is 319 g/mol. The summed E-state index contributed by atoms with van der Waals surface area (Å²) in [4.78, 5) is 11.5. The molecule has 3 N–H and O–H groups in total. The van der Waals surface area contributed by atoms with Gasteiger partial charge in [0.25, 0.3) is 10.2 Å². The van der Waals surface area contributed by atoms with E-state index in [4.69, 9.17) is 10.5 Å². The minimum Gasteiger partial charge on any atom is -0.469 e. The molecule has 8 heteroatoms. The second-order valence-electron chi connectivity index (χ2n) is 6.00. The Labute approximate surface area is 126 Å². The van der Waals surface area contributed by atoms with Crippen molar-refractivity contribution in [1.82, 2.24) is 9.03 Å². The lowest BCUT2D eigenvalue weighted by Crippen LogP contribution is -2.57. The molecule has 1 saturated heterocycles. The summed E-state index contributed by atoms with van der Waals surface area (Å²) in [6.45, 7) is 1.01. The van der Waals surface area contributed by atoms with Gasteiger partial charge >= 0.3 is 5.97 Å². The van der Waals surface area contributed by atoms with Crippen LogP contribution in [0.4, 0.5) is 0 Å². The largest absolute Gasteiger partial charge is 0.469 e. The number of hydrogen-bond donors (Lipinski definition) is 2. The third-order valence-corrected chi connectivity index (χ3v) is 6.36. The lowest BCUT2D eigenvalue weighted by Gasteiger charge is -2.35. The Hall–Kier alpha value is -0.700. The van der Waals surface area contributed by atoms with E-state index in [1.54, 1.807) is 0 Å². The number of piperidine rings is 1. The maximum atomic E-state index is 12.5. The van der Waals surface area contributed by atoms with Crippen molar-refractivity contribution in [3.63, 3.8) is 0 Å². The molecule has 1 aliphatic carbocycles. The van der Waals surface area contributed by atoms with Crippen molar-refractivity contribution in [2.24, 2.45) is 11.7 Å². The van der Waals surface area contributed by atoms with Crippen molar-refractivity contribution in [1.29, 1.82) is 0 Å². The summed E-state index contributed by atoms with van der Waals surface area (Å²) < 4.78 is 33.9. The molecule has 0 bridgehead atoms. The van der Waals surface area contributed by atoms with Crippen LogP contribution in [-0.2, 0) is 19.7 Å². The molecular weight excluding hydrogens is 294 g/mol. The minimum atomic E-state index is -3.54. The molecule has 0 aromatic heterocycles. The normalized spacial score (nSPS) is 24.1. The fraction of sp³-hybridized carbons (Fsp3) is 0.923. The van der Waals surface area contributed by atoms with Crippen LogP contribution >= 0.6 is 0 Å². The highest BCUT2D eigenvalue weighted by atomic mass is 32.2. The Balaban J connectivity index is 1.97. The van der Waals surface area contributed by atoms with Crippen molar-refractivity contribution < 1.29 is 17.9 Å². The molecule has 0 amide bonds. The SMILES string of the molecule is COC(=O)C1CCN(S(=O)(=O)NC2(CN)CCCC2)CC1. The molecule has 0 radical (unpaired) electrons. The number of carbonyl (C=O) groups excluding carboxylic acids is 1. The number of rotatable bonds is 5. The molecule has 1 aliphatic heterocycles. The molecule has 2 rings (SSSR count). The standard InChI is InChI=1S/C13H25N3O4S/c1-20-12(17)11-4-8-16(9-5-11)21(18,19)15-13(10-14)6-2-3-7-13/h11,15H,2-10,14H2,1H3. The van der Waals surface area contributed by atoms with Crippen LogP contribution in [0.1, 0.15) is 38.5 Å². The summed E-state index contributed by atoms with van der Waals surface area (Å²) in [5.41, 5.74) is 5.29. The van der Waals surface area contributed by atoms with Crippen LogP contribution < -0.4 is 10.5 Å². The fourth-order valence-corrected chi connectivity index (χ4v) is 4.89. The van der Waals surface area contributed by atoms with E-state index in [1.807, 2.05) is 0 Å². The predicted octanol–water partition coefficient (Wildman–Crippen LogP) is -0.0227. The van der Waals surface area contributed by atoms with Crippen molar-refractivity contribution in [2.75, 3.05) is 26.7 Å². The molecule has 0 spiro atoms. The number of nitrogens with one attached hydrogen (secondary N) is 1. The van der Waals surface area contributed by atoms with Gasteiger partial charge in [0.15, 0.2) is 0 Å². The molecule has 0 aromatic carbocycles. The number of methoxy groups -OCH3 is 1. The molecule has 0 aromatic rings. The Morgan fingerprint density at radius 2 is 1.90 bits per heavy atom. The van der Waals surface area contributed by atoms with E-state index >= 15 is 0 Å². The number of hydrogen-bond acceptors (Lipinski definition) is 5. The van der Waals surface area contributed by atoms with Crippen LogP contribution in [0.5, 0.6) is 0 Å². The summed E-state index contributed by atoms with van der Waals surface area (Å²) in [6, 6.07) is 0. The van der Waals surface area contributed by atoms with Gasteiger partial charge in [-0.25, -0.2) is 0 Å². The zero-order chi connectivity index (χ0) is 15.5. The van der Waals surface area contributed by atoms with Gasteiger partial charge in [-0.05, 0) is 25.7 Å². The van der Waals surface area contributed by atoms with Crippen LogP contribution in [0.3, 0.4) is 0 Å². The lowest BCUT2D eigenvalue weighted by molar-refractivity contribution is -0.146. The van der Waals surface area contributed by atoms with E-state index < -0.39 is 15.7 Å². The Morgan fingerprint density at radius 1 is 1.33 bits per heavy atom. The highest BCUT2D eigenvalue weighted by molar-refractivity contribution is 7.87. The van der Waals surface area contributed by atoms with Gasteiger partial charge < -0.3 is 10.5 Å². The summed E-state index contributed by atoms with van der Waals surface area (Å²) in [7, 11) is -2.18. The monoisotopic (exact) mass is 319 g/mol. The van der Waals surface area contributed by atoms with Gasteiger partial charge in [0.2, 0.25) is 0 Å². The smallest absolute Gasteiger partial charge is 0.308 e. The highest BCUT2D eigenvalue weighted by Crippen LogP contribution is 2.30. The third kappa shape index (κ3) is 3.74. The van der Waals surface area contributed by atoms with Crippen LogP contribution in [0.15, 0.2) is 0 Å². The second-order valence-corrected chi connectivity index (χ2v) is 7.67. The topological polar surface area (TPSA) is 102 Å². The first-order chi connectivity index (χ1) is 9.92. The highest BCUT2D eigenvalue weighted by Gasteiger charge is 2.39. The van der Waals surface area contributed by atoms with Gasteiger partial charge in [-0.1, -0.05) is 12.8 Å². The molecule has 2 fully saturated rings. The minimum absolute atomic E-state index is 0.198. The van der Waals surface area contributed by atoms with Crippen LogP contribution in [0, 0.1) is 5.92 Å². The van der Waals surface area contributed by atoms with Crippen molar-refractivity contribution >= 4 is 16.2 Å². The first kappa shape index (κ1) is 16.7. The number of esters is 1. The predicted molar refractivity (Wildman–Crippen MR) is 78.6 cm³/mol. The van der Waals surface area contributed by atoms with Gasteiger partial charge in [0.1, 0.15) is 0 Å². The Kier molecular flexibility index (Phi) is 5.24. The summed E-state index contributed by atoms with van der Waals surface area (Å²) in [6.07, 6.45) is 4.60. The fourth-order valence-electron chi connectivity index (χ4n) is 3.24.